The average molecular weight is 536 g/mol. The average Bonchev–Trinajstić information content (AvgIpc) is 2.69. The number of guanidine groups is 1. The molecule has 0 saturated carbocycles. The van der Waals surface area contributed by atoms with Crippen LogP contribution in [0.2, 0.25) is 0 Å². The smallest absolute Gasteiger partial charge is 0.405 e. The van der Waals surface area contributed by atoms with E-state index >= 15 is 0 Å². The van der Waals surface area contributed by atoms with Crippen molar-refractivity contribution in [2.24, 2.45) is 4.99 Å². The third-order valence-electron chi connectivity index (χ3n) is 3.86. The zero-order chi connectivity index (χ0) is 21.1. The van der Waals surface area contributed by atoms with Crippen LogP contribution in [0.3, 0.4) is 0 Å². The number of nitrogens with zero attached hydrogens (tertiary/aromatic N) is 1. The van der Waals surface area contributed by atoms with Gasteiger partial charge < -0.3 is 20.7 Å². The number of nitrogens with one attached hydrogen (secondary N) is 3. The Labute approximate surface area is 190 Å². The fourth-order valence-corrected chi connectivity index (χ4v) is 2.49. The first-order chi connectivity index (χ1) is 13.9. The number of rotatable bonds is 8. The molecule has 0 spiro atoms. The first-order valence-corrected chi connectivity index (χ1v) is 8.96. The third kappa shape index (κ3) is 9.81. The molecule has 164 valence electrons. The van der Waals surface area contributed by atoms with E-state index in [-0.39, 0.29) is 54.7 Å². The number of benzene rings is 2. The predicted molar refractivity (Wildman–Crippen MR) is 120 cm³/mol. The summed E-state index contributed by atoms with van der Waals surface area (Å²) in [6, 6.07) is 15.6. The summed E-state index contributed by atoms with van der Waals surface area (Å²) >= 11 is 0. The molecule has 2 aromatic rings. The van der Waals surface area contributed by atoms with Crippen LogP contribution >= 0.6 is 24.0 Å². The molecule has 0 radical (unpaired) electrons. The second-order valence-electron chi connectivity index (χ2n) is 6.02. The minimum atomic E-state index is -4.77. The van der Waals surface area contributed by atoms with Crippen LogP contribution in [0.1, 0.15) is 11.1 Å². The molecule has 0 bridgehead atoms. The van der Waals surface area contributed by atoms with Crippen LogP contribution < -0.4 is 20.7 Å². The van der Waals surface area contributed by atoms with Crippen LogP contribution in [0, 0.1) is 0 Å². The van der Waals surface area contributed by atoms with Gasteiger partial charge in [0.2, 0.25) is 5.91 Å². The van der Waals surface area contributed by atoms with Crippen LogP contribution in [-0.4, -0.2) is 38.4 Å². The minimum Gasteiger partial charge on any atom is -0.405 e. The summed E-state index contributed by atoms with van der Waals surface area (Å²) in [5, 5.41) is 8.47. The monoisotopic (exact) mass is 536 g/mol. The molecule has 2 rings (SSSR count). The van der Waals surface area contributed by atoms with E-state index in [1.807, 2.05) is 30.3 Å². The lowest BCUT2D eigenvalue weighted by Crippen LogP contribution is -2.43. The lowest BCUT2D eigenvalue weighted by molar-refractivity contribution is -0.274. The summed E-state index contributed by atoms with van der Waals surface area (Å²) < 4.78 is 41.5. The highest BCUT2D eigenvalue weighted by Crippen LogP contribution is 2.25. The summed E-state index contributed by atoms with van der Waals surface area (Å²) in [6.07, 6.45) is -4.05. The standard InChI is InChI=1S/C20H23F3N4O2.HI/c1-24-19(26-13-16-9-5-6-10-17(16)29-20(21,22)23)27-14-18(28)25-12-11-15-7-3-2-4-8-15;/h2-10H,11-14H2,1H3,(H,25,28)(H2,24,26,27);1H. The summed E-state index contributed by atoms with van der Waals surface area (Å²) in [6.45, 7) is 0.523. The largest absolute Gasteiger partial charge is 0.573 e. The van der Waals surface area contributed by atoms with E-state index in [0.717, 1.165) is 12.0 Å². The van der Waals surface area contributed by atoms with Gasteiger partial charge in [0.1, 0.15) is 5.75 Å². The molecule has 0 aliphatic rings. The molecular weight excluding hydrogens is 512 g/mol. The van der Waals surface area contributed by atoms with Crippen molar-refractivity contribution in [1.82, 2.24) is 16.0 Å². The van der Waals surface area contributed by atoms with Gasteiger partial charge >= 0.3 is 6.36 Å². The number of hydrogen-bond acceptors (Lipinski definition) is 3. The highest BCUT2D eigenvalue weighted by Gasteiger charge is 2.31. The molecule has 0 aromatic heterocycles. The SMILES string of the molecule is CN=C(NCC(=O)NCCc1ccccc1)NCc1ccccc1OC(F)(F)F.I. The quantitative estimate of drug-likeness (QED) is 0.275. The number of aliphatic imine (C=N–C) groups is 1. The Morgan fingerprint density at radius 2 is 1.67 bits per heavy atom. The zero-order valence-electron chi connectivity index (χ0n) is 16.3. The van der Waals surface area contributed by atoms with E-state index in [1.54, 1.807) is 6.07 Å². The molecule has 6 nitrogen and oxygen atoms in total. The molecule has 0 unspecified atom stereocenters. The summed E-state index contributed by atoms with van der Waals surface area (Å²) in [5.74, 6) is -0.226. The number of alkyl halides is 3. The van der Waals surface area contributed by atoms with Crippen LogP contribution in [-0.2, 0) is 17.8 Å². The molecule has 30 heavy (non-hydrogen) atoms. The van der Waals surface area contributed by atoms with Crippen molar-refractivity contribution in [3.63, 3.8) is 0 Å². The van der Waals surface area contributed by atoms with Crippen LogP contribution in [0.15, 0.2) is 59.6 Å². The number of para-hydroxylation sites is 1. The maximum atomic E-state index is 12.5. The number of carbonyl (C=O) groups excluding carboxylic acids is 1. The van der Waals surface area contributed by atoms with Gasteiger partial charge in [0.15, 0.2) is 5.96 Å². The van der Waals surface area contributed by atoms with Gasteiger partial charge in [-0.3, -0.25) is 9.79 Å². The van der Waals surface area contributed by atoms with Crippen molar-refractivity contribution >= 4 is 35.8 Å². The molecule has 3 N–H and O–H groups in total. The Morgan fingerprint density at radius 3 is 2.33 bits per heavy atom. The Hall–Kier alpha value is -2.50. The molecular formula is C20H24F3IN4O2. The zero-order valence-corrected chi connectivity index (χ0v) is 18.7. The second-order valence-corrected chi connectivity index (χ2v) is 6.02. The Kier molecular flexibility index (Phi) is 11.0. The van der Waals surface area contributed by atoms with Gasteiger partial charge in [0.25, 0.3) is 0 Å². The lowest BCUT2D eigenvalue weighted by atomic mass is 10.1. The van der Waals surface area contributed by atoms with Crippen LogP contribution in [0.25, 0.3) is 0 Å². The summed E-state index contributed by atoms with van der Waals surface area (Å²) in [4.78, 5) is 15.9. The fraction of sp³-hybridized carbons (Fsp3) is 0.300. The van der Waals surface area contributed by atoms with Crippen LogP contribution in [0.5, 0.6) is 5.75 Å². The molecule has 0 saturated heterocycles. The molecule has 0 fully saturated rings. The van der Waals surface area contributed by atoms with Gasteiger partial charge in [-0.2, -0.15) is 0 Å². The topological polar surface area (TPSA) is 74.8 Å². The Balaban J connectivity index is 0.00000450. The molecule has 1 amide bonds. The predicted octanol–water partition coefficient (Wildman–Crippen LogP) is 3.23. The van der Waals surface area contributed by atoms with Crippen molar-refractivity contribution in [3.8, 4) is 5.75 Å². The minimum absolute atomic E-state index is 0. The van der Waals surface area contributed by atoms with Crippen molar-refractivity contribution in [3.05, 3.63) is 65.7 Å². The maximum Gasteiger partial charge on any atom is 0.573 e. The van der Waals surface area contributed by atoms with Crippen LogP contribution in [0.4, 0.5) is 13.2 Å². The number of ether oxygens (including phenoxy) is 1. The van der Waals surface area contributed by atoms with E-state index < -0.39 is 6.36 Å². The Morgan fingerprint density at radius 1 is 1.00 bits per heavy atom. The van der Waals surface area contributed by atoms with Gasteiger partial charge in [-0.1, -0.05) is 48.5 Å². The molecule has 0 atom stereocenters. The molecule has 0 heterocycles. The number of carbonyl (C=O) groups is 1. The third-order valence-corrected chi connectivity index (χ3v) is 3.86. The van der Waals surface area contributed by atoms with Gasteiger partial charge in [0, 0.05) is 25.7 Å². The van der Waals surface area contributed by atoms with E-state index in [9.17, 15) is 18.0 Å². The molecule has 0 aliphatic heterocycles. The maximum absolute atomic E-state index is 12.5. The van der Waals surface area contributed by atoms with Crippen molar-refractivity contribution in [2.45, 2.75) is 19.3 Å². The first-order valence-electron chi connectivity index (χ1n) is 8.96. The summed E-state index contributed by atoms with van der Waals surface area (Å²) in [7, 11) is 1.50. The molecule has 0 aliphatic carbocycles. The van der Waals surface area contributed by atoms with Gasteiger partial charge in [-0.05, 0) is 18.1 Å². The van der Waals surface area contributed by atoms with E-state index in [2.05, 4.69) is 25.7 Å². The van der Waals surface area contributed by atoms with Gasteiger partial charge in [-0.15, -0.1) is 37.1 Å². The molecule has 2 aromatic carbocycles. The first kappa shape index (κ1) is 25.5. The highest BCUT2D eigenvalue weighted by atomic mass is 127. The van der Waals surface area contributed by atoms with Gasteiger partial charge in [-0.25, -0.2) is 0 Å². The Bertz CT molecular complexity index is 817. The number of halogens is 4. The van der Waals surface area contributed by atoms with E-state index in [0.29, 0.717) is 12.1 Å². The van der Waals surface area contributed by atoms with Crippen molar-refractivity contribution < 1.29 is 22.7 Å². The number of amides is 1. The fourth-order valence-electron chi connectivity index (χ4n) is 2.49. The lowest BCUT2D eigenvalue weighted by Gasteiger charge is -2.15. The normalized spacial score (nSPS) is 11.3. The number of hydrogen-bond donors (Lipinski definition) is 3. The molecule has 10 heteroatoms. The van der Waals surface area contributed by atoms with E-state index in [4.69, 9.17) is 0 Å². The highest BCUT2D eigenvalue weighted by molar-refractivity contribution is 14.0. The van der Waals surface area contributed by atoms with Crippen molar-refractivity contribution in [1.29, 1.82) is 0 Å². The summed E-state index contributed by atoms with van der Waals surface area (Å²) in [5.41, 5.74) is 1.43. The van der Waals surface area contributed by atoms with Gasteiger partial charge in [0.05, 0.1) is 6.54 Å². The van der Waals surface area contributed by atoms with Crippen molar-refractivity contribution in [2.75, 3.05) is 20.1 Å². The van der Waals surface area contributed by atoms with E-state index in [1.165, 1.54) is 25.2 Å². The second kappa shape index (κ2) is 12.9.